The normalized spacial score (nSPS) is 10.3. The number of anilines is 1. The zero-order chi connectivity index (χ0) is 10.6. The van der Waals surface area contributed by atoms with Gasteiger partial charge < -0.3 is 10.1 Å². The highest BCUT2D eigenvalue weighted by Gasteiger charge is 2.03. The van der Waals surface area contributed by atoms with Gasteiger partial charge in [0.1, 0.15) is 0 Å². The lowest BCUT2D eigenvalue weighted by Gasteiger charge is -2.14. The van der Waals surface area contributed by atoms with Gasteiger partial charge in [0.25, 0.3) is 0 Å². The first-order chi connectivity index (χ1) is 6.66. The number of aryl methyl sites for hydroxylation is 2. The van der Waals surface area contributed by atoms with Gasteiger partial charge in [-0.15, -0.1) is 0 Å². The maximum atomic E-state index is 5.01. The topological polar surface area (TPSA) is 21.3 Å². The van der Waals surface area contributed by atoms with Crippen LogP contribution in [0.15, 0.2) is 12.1 Å². The number of methoxy groups -OCH3 is 1. The Kier molecular flexibility index (Phi) is 3.96. The molecule has 0 aliphatic heterocycles. The van der Waals surface area contributed by atoms with Crippen molar-refractivity contribution in [1.82, 2.24) is 0 Å². The quantitative estimate of drug-likeness (QED) is 0.742. The molecule has 1 aromatic rings. The van der Waals surface area contributed by atoms with Crippen LogP contribution < -0.4 is 5.32 Å². The highest BCUT2D eigenvalue weighted by Crippen LogP contribution is 2.22. The molecule has 2 heteroatoms. The highest BCUT2D eigenvalue weighted by molar-refractivity contribution is 5.59. The van der Waals surface area contributed by atoms with Gasteiger partial charge in [-0.1, -0.05) is 12.1 Å². The molecule has 1 aromatic carbocycles. The van der Waals surface area contributed by atoms with Crippen LogP contribution in [0.2, 0.25) is 0 Å². The Hall–Kier alpha value is -1.02. The first-order valence-electron chi connectivity index (χ1n) is 4.96. The molecule has 0 radical (unpaired) electrons. The van der Waals surface area contributed by atoms with E-state index in [-0.39, 0.29) is 0 Å². The van der Waals surface area contributed by atoms with Crippen molar-refractivity contribution in [2.24, 2.45) is 0 Å². The number of hydrogen-bond donors (Lipinski definition) is 1. The van der Waals surface area contributed by atoms with Crippen molar-refractivity contribution in [3.05, 3.63) is 28.8 Å². The molecule has 0 fully saturated rings. The van der Waals surface area contributed by atoms with Crippen molar-refractivity contribution >= 4 is 5.69 Å². The Morgan fingerprint density at radius 3 is 2.43 bits per heavy atom. The summed E-state index contributed by atoms with van der Waals surface area (Å²) in [7, 11) is 1.72. The van der Waals surface area contributed by atoms with Crippen LogP contribution in [-0.4, -0.2) is 20.3 Å². The van der Waals surface area contributed by atoms with E-state index in [0.29, 0.717) is 0 Å². The van der Waals surface area contributed by atoms with Crippen molar-refractivity contribution in [1.29, 1.82) is 0 Å². The molecular formula is C12H19NO. The van der Waals surface area contributed by atoms with Gasteiger partial charge in [-0.2, -0.15) is 0 Å². The second kappa shape index (κ2) is 5.01. The number of benzene rings is 1. The molecule has 0 amide bonds. The lowest BCUT2D eigenvalue weighted by Crippen LogP contribution is -2.10. The largest absolute Gasteiger partial charge is 0.383 e. The van der Waals surface area contributed by atoms with E-state index >= 15 is 0 Å². The Labute approximate surface area is 86.3 Å². The van der Waals surface area contributed by atoms with Gasteiger partial charge in [0.05, 0.1) is 6.61 Å². The zero-order valence-electron chi connectivity index (χ0n) is 9.48. The number of ether oxygens (including phenoxy) is 1. The summed E-state index contributed by atoms with van der Waals surface area (Å²) >= 11 is 0. The van der Waals surface area contributed by atoms with E-state index in [2.05, 4.69) is 38.2 Å². The lowest BCUT2D eigenvalue weighted by atomic mass is 10.0. The monoisotopic (exact) mass is 193 g/mol. The van der Waals surface area contributed by atoms with Gasteiger partial charge in [0.15, 0.2) is 0 Å². The van der Waals surface area contributed by atoms with Crippen molar-refractivity contribution in [3.63, 3.8) is 0 Å². The summed E-state index contributed by atoms with van der Waals surface area (Å²) in [6.45, 7) is 8.02. The average Bonchev–Trinajstić information content (AvgIpc) is 2.18. The third kappa shape index (κ3) is 2.48. The minimum atomic E-state index is 0.743. The number of nitrogens with one attached hydrogen (secondary N) is 1. The molecule has 78 valence electrons. The molecule has 0 spiro atoms. The SMILES string of the molecule is COCCNc1c(C)ccc(C)c1C. The molecule has 0 unspecified atom stereocenters. The van der Waals surface area contributed by atoms with Crippen LogP contribution in [0.4, 0.5) is 5.69 Å². The minimum absolute atomic E-state index is 0.743. The Morgan fingerprint density at radius 2 is 1.79 bits per heavy atom. The molecule has 0 aliphatic rings. The molecule has 0 atom stereocenters. The summed E-state index contributed by atoms with van der Waals surface area (Å²) in [5, 5.41) is 3.40. The van der Waals surface area contributed by atoms with Crippen LogP contribution in [0.3, 0.4) is 0 Å². The van der Waals surface area contributed by atoms with E-state index in [4.69, 9.17) is 4.74 Å². The summed E-state index contributed by atoms with van der Waals surface area (Å²) in [5.74, 6) is 0. The number of rotatable bonds is 4. The number of hydrogen-bond acceptors (Lipinski definition) is 2. The lowest BCUT2D eigenvalue weighted by molar-refractivity contribution is 0.211. The molecule has 2 nitrogen and oxygen atoms in total. The second-order valence-electron chi connectivity index (χ2n) is 3.62. The molecule has 1 N–H and O–H groups in total. The molecule has 0 heterocycles. The van der Waals surface area contributed by atoms with Crippen LogP contribution in [0.1, 0.15) is 16.7 Å². The van der Waals surface area contributed by atoms with E-state index in [1.807, 2.05) is 0 Å². The van der Waals surface area contributed by atoms with Gasteiger partial charge >= 0.3 is 0 Å². The van der Waals surface area contributed by atoms with E-state index in [1.165, 1.54) is 22.4 Å². The molecular weight excluding hydrogens is 174 g/mol. The average molecular weight is 193 g/mol. The molecule has 1 rings (SSSR count). The van der Waals surface area contributed by atoms with E-state index in [1.54, 1.807) is 7.11 Å². The van der Waals surface area contributed by atoms with Crippen LogP contribution in [0, 0.1) is 20.8 Å². The van der Waals surface area contributed by atoms with E-state index in [0.717, 1.165) is 13.2 Å². The van der Waals surface area contributed by atoms with Gasteiger partial charge in [-0.25, -0.2) is 0 Å². The second-order valence-corrected chi connectivity index (χ2v) is 3.62. The van der Waals surface area contributed by atoms with E-state index < -0.39 is 0 Å². The van der Waals surface area contributed by atoms with Crippen LogP contribution in [-0.2, 0) is 4.74 Å². The summed E-state index contributed by atoms with van der Waals surface area (Å²) in [6.07, 6.45) is 0. The molecule has 0 saturated carbocycles. The molecule has 14 heavy (non-hydrogen) atoms. The van der Waals surface area contributed by atoms with Crippen LogP contribution in [0.5, 0.6) is 0 Å². The fourth-order valence-electron chi connectivity index (χ4n) is 1.50. The Balaban J connectivity index is 2.79. The fourth-order valence-corrected chi connectivity index (χ4v) is 1.50. The van der Waals surface area contributed by atoms with Crippen LogP contribution in [0.25, 0.3) is 0 Å². The molecule has 0 bridgehead atoms. The molecule has 0 aromatic heterocycles. The maximum absolute atomic E-state index is 5.01. The summed E-state index contributed by atoms with van der Waals surface area (Å²) in [6, 6.07) is 4.31. The summed E-state index contributed by atoms with van der Waals surface area (Å²) in [5.41, 5.74) is 5.21. The zero-order valence-corrected chi connectivity index (χ0v) is 9.48. The fraction of sp³-hybridized carbons (Fsp3) is 0.500. The van der Waals surface area contributed by atoms with Crippen molar-refractivity contribution < 1.29 is 4.74 Å². The van der Waals surface area contributed by atoms with E-state index in [9.17, 15) is 0 Å². The molecule has 0 aliphatic carbocycles. The van der Waals surface area contributed by atoms with Gasteiger partial charge in [0, 0.05) is 19.3 Å². The smallest absolute Gasteiger partial charge is 0.0635 e. The van der Waals surface area contributed by atoms with Crippen molar-refractivity contribution in [3.8, 4) is 0 Å². The van der Waals surface area contributed by atoms with Crippen molar-refractivity contribution in [2.75, 3.05) is 25.6 Å². The first-order valence-corrected chi connectivity index (χ1v) is 4.96. The summed E-state index contributed by atoms with van der Waals surface area (Å²) < 4.78 is 5.01. The predicted octanol–water partition coefficient (Wildman–Crippen LogP) is 2.67. The first kappa shape index (κ1) is 11.1. The predicted molar refractivity (Wildman–Crippen MR) is 61.0 cm³/mol. The molecule has 0 saturated heterocycles. The Morgan fingerprint density at radius 1 is 1.14 bits per heavy atom. The van der Waals surface area contributed by atoms with Crippen molar-refractivity contribution in [2.45, 2.75) is 20.8 Å². The third-order valence-electron chi connectivity index (χ3n) is 2.55. The standard InChI is InChI=1S/C12H19NO/c1-9-5-6-10(2)12(11(9)3)13-7-8-14-4/h5-6,13H,7-8H2,1-4H3. The van der Waals surface area contributed by atoms with Crippen LogP contribution >= 0.6 is 0 Å². The summed E-state index contributed by atoms with van der Waals surface area (Å²) in [4.78, 5) is 0. The Bertz CT molecular complexity index is 307. The highest BCUT2D eigenvalue weighted by atomic mass is 16.5. The third-order valence-corrected chi connectivity index (χ3v) is 2.55. The maximum Gasteiger partial charge on any atom is 0.0635 e. The van der Waals surface area contributed by atoms with Gasteiger partial charge in [-0.3, -0.25) is 0 Å². The van der Waals surface area contributed by atoms with Gasteiger partial charge in [-0.05, 0) is 37.5 Å². The minimum Gasteiger partial charge on any atom is -0.383 e. The van der Waals surface area contributed by atoms with Gasteiger partial charge in [0.2, 0.25) is 0 Å².